The van der Waals surface area contributed by atoms with Gasteiger partial charge in [-0.05, 0) is 68.3 Å². The molecule has 5 rings (SSSR count). The van der Waals surface area contributed by atoms with Gasteiger partial charge in [0, 0.05) is 42.6 Å². The van der Waals surface area contributed by atoms with Crippen molar-refractivity contribution < 1.29 is 8.78 Å². The summed E-state index contributed by atoms with van der Waals surface area (Å²) >= 11 is 0. The maximum atomic E-state index is 14.3. The molecule has 3 aromatic carbocycles. The minimum Gasteiger partial charge on any atom is -0.367 e. The van der Waals surface area contributed by atoms with Crippen molar-refractivity contribution in [3.8, 4) is 6.07 Å². The molecule has 0 amide bonds. The number of H-pyrrole nitrogens is 1. The Kier molecular flexibility index (Phi) is 7.15. The van der Waals surface area contributed by atoms with Crippen molar-refractivity contribution in [1.82, 2.24) is 9.88 Å². The molecule has 5 nitrogen and oxygen atoms in total. The molecular weight excluding hydrogens is 456 g/mol. The molecule has 7 heteroatoms. The van der Waals surface area contributed by atoms with Crippen LogP contribution in [0.15, 0.2) is 66.7 Å². The summed E-state index contributed by atoms with van der Waals surface area (Å²) in [4.78, 5) is 7.92. The highest BCUT2D eigenvalue weighted by Crippen LogP contribution is 2.31. The van der Waals surface area contributed by atoms with Gasteiger partial charge in [0.05, 0.1) is 23.0 Å². The fraction of sp³-hybridized carbons (Fsp3) is 0.276. The lowest BCUT2D eigenvalue weighted by Gasteiger charge is -2.36. The van der Waals surface area contributed by atoms with E-state index in [1.807, 2.05) is 24.3 Å². The van der Waals surface area contributed by atoms with Crippen molar-refractivity contribution in [3.05, 3.63) is 89.5 Å². The predicted octanol–water partition coefficient (Wildman–Crippen LogP) is 6.21. The summed E-state index contributed by atoms with van der Waals surface area (Å²) in [6.45, 7) is 4.43. The molecule has 4 aromatic rings. The topological polar surface area (TPSA) is 58.1 Å². The van der Waals surface area contributed by atoms with Gasteiger partial charge < -0.3 is 15.2 Å². The van der Waals surface area contributed by atoms with Gasteiger partial charge >= 0.3 is 0 Å². The molecule has 184 valence electrons. The molecule has 1 fully saturated rings. The number of aromatic amines is 1. The number of benzene rings is 3. The number of rotatable bonds is 8. The molecule has 0 bridgehead atoms. The van der Waals surface area contributed by atoms with Crippen LogP contribution in [0.5, 0.6) is 0 Å². The average Bonchev–Trinajstić information content (AvgIpc) is 3.24. The van der Waals surface area contributed by atoms with Gasteiger partial charge in [-0.2, -0.15) is 5.26 Å². The third kappa shape index (κ3) is 5.19. The molecule has 2 heterocycles. The number of nitriles is 1. The third-order valence-electron chi connectivity index (χ3n) is 6.89. The van der Waals surface area contributed by atoms with Crippen molar-refractivity contribution in [1.29, 1.82) is 5.26 Å². The van der Waals surface area contributed by atoms with E-state index in [2.05, 4.69) is 26.2 Å². The van der Waals surface area contributed by atoms with Crippen LogP contribution in [0.1, 0.15) is 24.0 Å². The Morgan fingerprint density at radius 1 is 0.889 bits per heavy atom. The van der Waals surface area contributed by atoms with E-state index in [-0.39, 0.29) is 11.6 Å². The lowest BCUT2D eigenvalue weighted by Crippen LogP contribution is -2.46. The van der Waals surface area contributed by atoms with Gasteiger partial charge in [0.1, 0.15) is 17.5 Å². The highest BCUT2D eigenvalue weighted by atomic mass is 19.1. The number of piperazine rings is 1. The number of aromatic nitrogens is 1. The Balaban J connectivity index is 1.22. The van der Waals surface area contributed by atoms with Crippen LogP contribution in [0.3, 0.4) is 0 Å². The van der Waals surface area contributed by atoms with E-state index in [4.69, 9.17) is 0 Å². The van der Waals surface area contributed by atoms with Crippen LogP contribution in [0.2, 0.25) is 0 Å². The average molecular weight is 486 g/mol. The summed E-state index contributed by atoms with van der Waals surface area (Å²) in [6, 6.07) is 21.4. The normalized spacial score (nSPS) is 14.2. The molecule has 0 saturated carbocycles. The summed E-state index contributed by atoms with van der Waals surface area (Å²) in [5.74, 6) is 0.294. The molecular formula is C29H29F2N5. The Morgan fingerprint density at radius 2 is 1.64 bits per heavy atom. The zero-order chi connectivity index (χ0) is 24.9. The lowest BCUT2D eigenvalue weighted by molar-refractivity contribution is 0.252. The molecule has 1 aliphatic heterocycles. The molecule has 1 aromatic heterocycles. The first-order chi connectivity index (χ1) is 17.6. The number of fused-ring (bicyclic) bond motifs is 1. The zero-order valence-corrected chi connectivity index (χ0v) is 20.1. The van der Waals surface area contributed by atoms with Crippen molar-refractivity contribution in [2.45, 2.75) is 19.3 Å². The minimum absolute atomic E-state index is 0.163. The highest BCUT2D eigenvalue weighted by Gasteiger charge is 2.19. The van der Waals surface area contributed by atoms with Crippen LogP contribution in [0.25, 0.3) is 10.9 Å². The van der Waals surface area contributed by atoms with Gasteiger partial charge in [0.25, 0.3) is 0 Å². The van der Waals surface area contributed by atoms with E-state index in [0.717, 1.165) is 74.3 Å². The Labute approximate surface area is 210 Å². The standard InChI is InChI=1S/C29H29F2N5/c30-24-8-1-3-10-27(24)34-29-22(23-19-21(20-32)12-13-26(23)33-29)7-5-6-14-35-15-17-36(18-16-35)28-11-4-2-9-25(28)31/h1-4,8-13,19,33-34H,5-7,14-18H2. The van der Waals surface area contributed by atoms with Gasteiger partial charge in [-0.1, -0.05) is 24.3 Å². The number of aryl methyl sites for hydroxylation is 1. The largest absolute Gasteiger partial charge is 0.367 e. The molecule has 0 spiro atoms. The molecule has 1 saturated heterocycles. The number of nitrogens with one attached hydrogen (secondary N) is 2. The Morgan fingerprint density at radius 3 is 2.39 bits per heavy atom. The summed E-state index contributed by atoms with van der Waals surface area (Å²) in [5.41, 5.74) is 3.69. The second kappa shape index (κ2) is 10.8. The van der Waals surface area contributed by atoms with E-state index in [1.54, 1.807) is 30.3 Å². The van der Waals surface area contributed by atoms with Crippen molar-refractivity contribution in [2.24, 2.45) is 0 Å². The minimum atomic E-state index is -0.311. The van der Waals surface area contributed by atoms with Crippen LogP contribution in [0.4, 0.5) is 26.0 Å². The van der Waals surface area contributed by atoms with Gasteiger partial charge in [0.2, 0.25) is 0 Å². The Bertz CT molecular complexity index is 1380. The number of halogens is 2. The maximum absolute atomic E-state index is 14.3. The number of para-hydroxylation sites is 2. The first-order valence-electron chi connectivity index (χ1n) is 12.4. The zero-order valence-electron chi connectivity index (χ0n) is 20.1. The van der Waals surface area contributed by atoms with E-state index in [1.165, 1.54) is 12.1 Å². The molecule has 0 radical (unpaired) electrons. The smallest absolute Gasteiger partial charge is 0.146 e. The first kappa shape index (κ1) is 23.8. The third-order valence-corrected chi connectivity index (χ3v) is 6.89. The molecule has 0 aliphatic carbocycles. The van der Waals surface area contributed by atoms with Gasteiger partial charge in [-0.15, -0.1) is 0 Å². The first-order valence-corrected chi connectivity index (χ1v) is 12.4. The number of unbranched alkanes of at least 4 members (excludes halogenated alkanes) is 1. The van der Waals surface area contributed by atoms with Crippen LogP contribution >= 0.6 is 0 Å². The second-order valence-corrected chi connectivity index (χ2v) is 9.19. The van der Waals surface area contributed by atoms with Crippen LogP contribution in [-0.4, -0.2) is 42.6 Å². The highest BCUT2D eigenvalue weighted by molar-refractivity contribution is 5.90. The van der Waals surface area contributed by atoms with E-state index in [0.29, 0.717) is 16.9 Å². The summed E-state index contributed by atoms with van der Waals surface area (Å²) in [6.07, 6.45) is 2.79. The maximum Gasteiger partial charge on any atom is 0.146 e. The molecule has 0 atom stereocenters. The van der Waals surface area contributed by atoms with Crippen molar-refractivity contribution in [2.75, 3.05) is 42.9 Å². The van der Waals surface area contributed by atoms with Gasteiger partial charge in [0.15, 0.2) is 0 Å². The lowest BCUT2D eigenvalue weighted by atomic mass is 10.0. The van der Waals surface area contributed by atoms with Gasteiger partial charge in [-0.3, -0.25) is 4.90 Å². The van der Waals surface area contributed by atoms with E-state index in [9.17, 15) is 14.0 Å². The van der Waals surface area contributed by atoms with Crippen LogP contribution in [0, 0.1) is 23.0 Å². The van der Waals surface area contributed by atoms with Crippen molar-refractivity contribution in [3.63, 3.8) is 0 Å². The van der Waals surface area contributed by atoms with E-state index < -0.39 is 0 Å². The number of nitrogens with zero attached hydrogens (tertiary/aromatic N) is 3. The van der Waals surface area contributed by atoms with Crippen LogP contribution < -0.4 is 10.2 Å². The Hall–Kier alpha value is -3.89. The predicted molar refractivity (Wildman–Crippen MR) is 141 cm³/mol. The quantitative estimate of drug-likeness (QED) is 0.292. The fourth-order valence-corrected chi connectivity index (χ4v) is 4.94. The monoisotopic (exact) mass is 485 g/mol. The number of hydrogen-bond donors (Lipinski definition) is 2. The molecule has 1 aliphatic rings. The van der Waals surface area contributed by atoms with Crippen molar-refractivity contribution >= 4 is 28.1 Å². The number of anilines is 3. The summed E-state index contributed by atoms with van der Waals surface area (Å²) in [7, 11) is 0. The SMILES string of the molecule is N#Cc1ccc2[nH]c(Nc3ccccc3F)c(CCCCN3CCN(c4ccccc4F)CC3)c2c1. The van der Waals surface area contributed by atoms with Gasteiger partial charge in [-0.25, -0.2) is 8.78 Å². The molecule has 0 unspecified atom stereocenters. The summed E-state index contributed by atoms with van der Waals surface area (Å²) < 4.78 is 28.4. The fourth-order valence-electron chi connectivity index (χ4n) is 4.94. The number of hydrogen-bond acceptors (Lipinski definition) is 4. The molecule has 36 heavy (non-hydrogen) atoms. The van der Waals surface area contributed by atoms with Crippen LogP contribution in [-0.2, 0) is 6.42 Å². The summed E-state index contributed by atoms with van der Waals surface area (Å²) in [5, 5.41) is 13.6. The second-order valence-electron chi connectivity index (χ2n) is 9.19. The molecule has 2 N–H and O–H groups in total. The van der Waals surface area contributed by atoms with E-state index >= 15 is 0 Å².